The van der Waals surface area contributed by atoms with Crippen molar-refractivity contribution >= 4 is 27.5 Å². The van der Waals surface area contributed by atoms with E-state index in [1.54, 1.807) is 17.4 Å². The first kappa shape index (κ1) is 15.4. The molecule has 1 aliphatic rings. The van der Waals surface area contributed by atoms with Gasteiger partial charge in [-0.1, -0.05) is 31.4 Å². The Labute approximate surface area is 145 Å². The van der Waals surface area contributed by atoms with Crippen molar-refractivity contribution in [2.24, 2.45) is 0 Å². The van der Waals surface area contributed by atoms with E-state index in [4.69, 9.17) is 4.42 Å². The van der Waals surface area contributed by atoms with Gasteiger partial charge in [0.1, 0.15) is 0 Å². The number of carbonyl (C=O) groups is 1. The topological polar surface area (TPSA) is 46.3 Å². The highest BCUT2D eigenvalue weighted by molar-refractivity contribution is 7.21. The lowest BCUT2D eigenvalue weighted by Gasteiger charge is -2.30. The van der Waals surface area contributed by atoms with E-state index in [2.05, 4.69) is 4.98 Å². The van der Waals surface area contributed by atoms with Crippen molar-refractivity contribution < 1.29 is 9.21 Å². The minimum atomic E-state index is -0.0331. The summed E-state index contributed by atoms with van der Waals surface area (Å²) in [5.74, 6) is 1.03. The first-order valence-corrected chi connectivity index (χ1v) is 9.27. The van der Waals surface area contributed by atoms with Crippen LogP contribution in [-0.2, 0) is 0 Å². The van der Waals surface area contributed by atoms with Gasteiger partial charge >= 0.3 is 0 Å². The molecule has 0 atom stereocenters. The van der Waals surface area contributed by atoms with Crippen LogP contribution in [0, 0.1) is 0 Å². The lowest BCUT2D eigenvalue weighted by Crippen LogP contribution is -2.38. The third-order valence-electron chi connectivity index (χ3n) is 4.76. The standard InChI is InChI=1S/C19H20N2O2S/c1-21(13-7-3-2-4-8-13)19(22)16-12-11-15(23-16)18-20-14-9-5-6-10-17(14)24-18/h5-6,9-13H,2-4,7-8H2,1H3. The number of rotatable bonds is 3. The maximum Gasteiger partial charge on any atom is 0.289 e. The van der Waals surface area contributed by atoms with E-state index in [1.807, 2.05) is 42.3 Å². The van der Waals surface area contributed by atoms with Gasteiger partial charge in [0.2, 0.25) is 0 Å². The van der Waals surface area contributed by atoms with Gasteiger partial charge in [0.25, 0.3) is 5.91 Å². The summed E-state index contributed by atoms with van der Waals surface area (Å²) >= 11 is 1.58. The zero-order chi connectivity index (χ0) is 16.5. The highest BCUT2D eigenvalue weighted by atomic mass is 32.1. The number of aromatic nitrogens is 1. The van der Waals surface area contributed by atoms with Crippen molar-refractivity contribution in [2.75, 3.05) is 7.05 Å². The van der Waals surface area contributed by atoms with Gasteiger partial charge < -0.3 is 9.32 Å². The average Bonchev–Trinajstić information content (AvgIpc) is 3.27. The number of amides is 1. The van der Waals surface area contributed by atoms with Crippen LogP contribution in [0.15, 0.2) is 40.8 Å². The Balaban J connectivity index is 1.56. The third kappa shape index (κ3) is 2.84. The highest BCUT2D eigenvalue weighted by Gasteiger charge is 2.25. The fourth-order valence-electron chi connectivity index (χ4n) is 3.35. The molecule has 3 aromatic rings. The van der Waals surface area contributed by atoms with Crippen LogP contribution in [0.5, 0.6) is 0 Å². The van der Waals surface area contributed by atoms with Crippen LogP contribution in [0.4, 0.5) is 0 Å². The van der Waals surface area contributed by atoms with Crippen molar-refractivity contribution in [1.29, 1.82) is 0 Å². The summed E-state index contributed by atoms with van der Waals surface area (Å²) in [7, 11) is 1.89. The molecule has 1 aliphatic carbocycles. The molecule has 0 spiro atoms. The summed E-state index contributed by atoms with van der Waals surface area (Å²) in [6.45, 7) is 0. The van der Waals surface area contributed by atoms with Crippen LogP contribution in [-0.4, -0.2) is 28.9 Å². The molecule has 0 saturated heterocycles. The number of benzene rings is 1. The normalized spacial score (nSPS) is 15.7. The monoisotopic (exact) mass is 340 g/mol. The summed E-state index contributed by atoms with van der Waals surface area (Å²) in [6.07, 6.45) is 5.87. The minimum absolute atomic E-state index is 0.0331. The Kier molecular flexibility index (Phi) is 4.10. The van der Waals surface area contributed by atoms with E-state index in [1.165, 1.54) is 19.3 Å². The molecule has 1 saturated carbocycles. The molecule has 0 unspecified atom stereocenters. The van der Waals surface area contributed by atoms with Crippen molar-refractivity contribution in [3.8, 4) is 10.8 Å². The molecule has 1 amide bonds. The molecule has 0 aliphatic heterocycles. The summed E-state index contributed by atoms with van der Waals surface area (Å²) in [6, 6.07) is 12.0. The molecular weight excluding hydrogens is 320 g/mol. The van der Waals surface area contributed by atoms with Gasteiger partial charge in [-0.05, 0) is 37.1 Å². The maximum absolute atomic E-state index is 12.7. The Hall–Kier alpha value is -2.14. The van der Waals surface area contributed by atoms with Gasteiger partial charge in [-0.25, -0.2) is 4.98 Å². The molecule has 4 rings (SSSR count). The van der Waals surface area contributed by atoms with Gasteiger partial charge in [0.15, 0.2) is 16.5 Å². The second kappa shape index (κ2) is 6.40. The van der Waals surface area contributed by atoms with E-state index < -0.39 is 0 Å². The Morgan fingerprint density at radius 3 is 2.75 bits per heavy atom. The number of nitrogens with zero attached hydrogens (tertiary/aromatic N) is 2. The van der Waals surface area contributed by atoms with Gasteiger partial charge in [-0.15, -0.1) is 11.3 Å². The Morgan fingerprint density at radius 2 is 1.96 bits per heavy atom. The molecule has 1 fully saturated rings. The number of fused-ring (bicyclic) bond motifs is 1. The number of furan rings is 1. The van der Waals surface area contributed by atoms with Crippen LogP contribution in [0.3, 0.4) is 0 Å². The molecule has 24 heavy (non-hydrogen) atoms. The van der Waals surface area contributed by atoms with E-state index >= 15 is 0 Å². The van der Waals surface area contributed by atoms with Crippen molar-refractivity contribution in [2.45, 2.75) is 38.1 Å². The van der Waals surface area contributed by atoms with Crippen LogP contribution in [0.2, 0.25) is 0 Å². The van der Waals surface area contributed by atoms with E-state index in [0.29, 0.717) is 17.6 Å². The van der Waals surface area contributed by atoms with Gasteiger partial charge in [0.05, 0.1) is 10.2 Å². The van der Waals surface area contributed by atoms with Crippen LogP contribution < -0.4 is 0 Å². The third-order valence-corrected chi connectivity index (χ3v) is 5.82. The predicted octanol–water partition coefficient (Wildman–Crippen LogP) is 4.96. The summed E-state index contributed by atoms with van der Waals surface area (Å²) < 4.78 is 6.95. The number of para-hydroxylation sites is 1. The van der Waals surface area contributed by atoms with Gasteiger partial charge in [-0.3, -0.25) is 4.79 Å². The van der Waals surface area contributed by atoms with E-state index in [9.17, 15) is 4.79 Å². The van der Waals surface area contributed by atoms with E-state index in [-0.39, 0.29) is 5.91 Å². The minimum Gasteiger partial charge on any atom is -0.448 e. The summed E-state index contributed by atoms with van der Waals surface area (Å²) in [5, 5.41) is 0.815. The quantitative estimate of drug-likeness (QED) is 0.677. The fraction of sp³-hybridized carbons (Fsp3) is 0.368. The Morgan fingerprint density at radius 1 is 1.17 bits per heavy atom. The number of thiazole rings is 1. The Bertz CT molecular complexity index is 828. The summed E-state index contributed by atoms with van der Waals surface area (Å²) in [4.78, 5) is 19.1. The van der Waals surface area contributed by atoms with Gasteiger partial charge in [0, 0.05) is 13.1 Å². The van der Waals surface area contributed by atoms with Crippen molar-refractivity contribution in [1.82, 2.24) is 9.88 Å². The van der Waals surface area contributed by atoms with Gasteiger partial charge in [-0.2, -0.15) is 0 Å². The zero-order valence-electron chi connectivity index (χ0n) is 13.7. The van der Waals surface area contributed by atoms with Crippen molar-refractivity contribution in [3.05, 3.63) is 42.2 Å². The van der Waals surface area contributed by atoms with Crippen molar-refractivity contribution in [3.63, 3.8) is 0 Å². The SMILES string of the molecule is CN(C(=O)c1ccc(-c2nc3ccccc3s2)o1)C1CCCCC1. The molecule has 5 heteroatoms. The molecule has 0 bridgehead atoms. The lowest BCUT2D eigenvalue weighted by molar-refractivity contribution is 0.0665. The predicted molar refractivity (Wildman–Crippen MR) is 96.3 cm³/mol. The highest BCUT2D eigenvalue weighted by Crippen LogP contribution is 2.31. The average molecular weight is 340 g/mol. The number of carbonyl (C=O) groups excluding carboxylic acids is 1. The van der Waals surface area contributed by atoms with E-state index in [0.717, 1.165) is 28.1 Å². The molecule has 0 radical (unpaired) electrons. The smallest absolute Gasteiger partial charge is 0.289 e. The first-order chi connectivity index (χ1) is 11.7. The first-order valence-electron chi connectivity index (χ1n) is 8.45. The molecular formula is C19H20N2O2S. The summed E-state index contributed by atoms with van der Waals surface area (Å²) in [5.41, 5.74) is 0.959. The number of hydrogen-bond acceptors (Lipinski definition) is 4. The lowest BCUT2D eigenvalue weighted by atomic mass is 9.94. The molecule has 4 nitrogen and oxygen atoms in total. The van der Waals surface area contributed by atoms with Crippen LogP contribution in [0.25, 0.3) is 21.0 Å². The molecule has 124 valence electrons. The second-order valence-electron chi connectivity index (χ2n) is 6.36. The molecule has 2 aromatic heterocycles. The second-order valence-corrected chi connectivity index (χ2v) is 7.39. The molecule has 0 N–H and O–H groups in total. The maximum atomic E-state index is 12.7. The molecule has 1 aromatic carbocycles. The van der Waals surface area contributed by atoms with Crippen LogP contribution in [0.1, 0.15) is 42.7 Å². The largest absolute Gasteiger partial charge is 0.448 e. The van der Waals surface area contributed by atoms with Crippen LogP contribution >= 0.6 is 11.3 Å². The molecule has 2 heterocycles. The fourth-order valence-corrected chi connectivity index (χ4v) is 4.28. The number of hydrogen-bond donors (Lipinski definition) is 0. The zero-order valence-corrected chi connectivity index (χ0v) is 14.5.